The Bertz CT molecular complexity index is 499. The maximum Gasteiger partial charge on any atom is 0.272 e. The van der Waals surface area contributed by atoms with Crippen LogP contribution in [0.3, 0.4) is 0 Å². The van der Waals surface area contributed by atoms with E-state index in [9.17, 15) is 9.90 Å². The Morgan fingerprint density at radius 3 is 2.90 bits per heavy atom. The minimum absolute atomic E-state index is 0.00473. The van der Waals surface area contributed by atoms with Gasteiger partial charge in [-0.25, -0.2) is 0 Å². The molecule has 0 radical (unpaired) electrons. The molecule has 1 aromatic rings. The molecule has 1 aliphatic heterocycles. The van der Waals surface area contributed by atoms with Crippen LogP contribution in [0.1, 0.15) is 42.6 Å². The highest BCUT2D eigenvalue weighted by Crippen LogP contribution is 2.46. The van der Waals surface area contributed by atoms with E-state index in [2.05, 4.69) is 10.4 Å². The molecule has 6 heteroatoms. The third kappa shape index (κ3) is 2.70. The van der Waals surface area contributed by atoms with Gasteiger partial charge in [0.2, 0.25) is 0 Å². The van der Waals surface area contributed by atoms with Gasteiger partial charge in [0.25, 0.3) is 5.91 Å². The van der Waals surface area contributed by atoms with Crippen LogP contribution >= 0.6 is 0 Å². The van der Waals surface area contributed by atoms with Gasteiger partial charge in [-0.3, -0.25) is 9.48 Å². The minimum Gasteiger partial charge on any atom is -0.396 e. The minimum atomic E-state index is -0.223. The van der Waals surface area contributed by atoms with Crippen LogP contribution in [-0.4, -0.2) is 46.2 Å². The lowest BCUT2D eigenvalue weighted by atomic mass is 9.63. The van der Waals surface area contributed by atoms with Gasteiger partial charge in [0.1, 0.15) is 5.69 Å². The molecular weight excluding hydrogens is 270 g/mol. The van der Waals surface area contributed by atoms with Crippen molar-refractivity contribution >= 4 is 5.91 Å². The zero-order valence-electron chi connectivity index (χ0n) is 12.4. The van der Waals surface area contributed by atoms with Crippen LogP contribution in [0.15, 0.2) is 12.3 Å². The molecule has 2 atom stereocenters. The van der Waals surface area contributed by atoms with Gasteiger partial charge < -0.3 is 15.2 Å². The highest BCUT2D eigenvalue weighted by molar-refractivity contribution is 5.92. The van der Waals surface area contributed by atoms with E-state index in [0.29, 0.717) is 5.69 Å². The number of aryl methyl sites for hydroxylation is 1. The molecule has 1 aromatic heterocycles. The summed E-state index contributed by atoms with van der Waals surface area (Å²) in [4.78, 5) is 12.4. The van der Waals surface area contributed by atoms with Gasteiger partial charge in [0, 0.05) is 25.3 Å². The van der Waals surface area contributed by atoms with Crippen LogP contribution in [0.25, 0.3) is 0 Å². The van der Waals surface area contributed by atoms with Crippen LogP contribution in [-0.2, 0) is 11.8 Å². The van der Waals surface area contributed by atoms with Crippen LogP contribution in [0.5, 0.6) is 0 Å². The lowest BCUT2D eigenvalue weighted by Crippen LogP contribution is -2.58. The number of aliphatic hydroxyl groups excluding tert-OH is 1. The Morgan fingerprint density at radius 2 is 2.43 bits per heavy atom. The fourth-order valence-electron chi connectivity index (χ4n) is 3.46. The maximum atomic E-state index is 12.4. The molecular formula is C15H23N3O3. The lowest BCUT2D eigenvalue weighted by Gasteiger charge is -2.48. The lowest BCUT2D eigenvalue weighted by molar-refractivity contribution is -0.0481. The van der Waals surface area contributed by atoms with Crippen LogP contribution < -0.4 is 5.32 Å². The van der Waals surface area contributed by atoms with Gasteiger partial charge in [-0.05, 0) is 31.7 Å². The van der Waals surface area contributed by atoms with Crippen molar-refractivity contribution in [2.45, 2.75) is 44.2 Å². The number of carbonyl (C=O) groups excluding carboxylic acids is 1. The molecule has 2 fully saturated rings. The summed E-state index contributed by atoms with van der Waals surface area (Å²) >= 11 is 0. The van der Waals surface area contributed by atoms with Crippen molar-refractivity contribution in [3.63, 3.8) is 0 Å². The normalized spacial score (nSPS) is 25.3. The fraction of sp³-hybridized carbons (Fsp3) is 0.733. The molecule has 2 heterocycles. The van der Waals surface area contributed by atoms with Crippen molar-refractivity contribution in [3.05, 3.63) is 18.0 Å². The highest BCUT2D eigenvalue weighted by Gasteiger charge is 2.48. The number of hydrogen-bond acceptors (Lipinski definition) is 4. The van der Waals surface area contributed by atoms with Crippen LogP contribution in [0.2, 0.25) is 0 Å². The fourth-order valence-corrected chi connectivity index (χ4v) is 3.46. The molecule has 1 amide bonds. The number of nitrogens with one attached hydrogen (secondary N) is 1. The predicted molar refractivity (Wildman–Crippen MR) is 76.8 cm³/mol. The number of carbonyl (C=O) groups is 1. The van der Waals surface area contributed by atoms with Crippen molar-refractivity contribution in [3.8, 4) is 0 Å². The number of aromatic nitrogens is 2. The molecule has 116 valence electrons. The molecule has 2 N–H and O–H groups in total. The number of amides is 1. The molecule has 1 saturated carbocycles. The van der Waals surface area contributed by atoms with Crippen molar-refractivity contribution in [2.75, 3.05) is 13.2 Å². The second-order valence-electron chi connectivity index (χ2n) is 6.25. The van der Waals surface area contributed by atoms with Crippen LogP contribution in [0.4, 0.5) is 0 Å². The summed E-state index contributed by atoms with van der Waals surface area (Å²) in [5, 5.41) is 17.1. The van der Waals surface area contributed by atoms with E-state index >= 15 is 0 Å². The molecule has 0 aromatic carbocycles. The Balaban J connectivity index is 1.77. The summed E-state index contributed by atoms with van der Waals surface area (Å²) < 4.78 is 7.40. The van der Waals surface area contributed by atoms with Gasteiger partial charge in [-0.15, -0.1) is 0 Å². The Labute approximate surface area is 124 Å². The van der Waals surface area contributed by atoms with Crippen molar-refractivity contribution < 1.29 is 14.6 Å². The number of nitrogens with zero attached hydrogens (tertiary/aromatic N) is 2. The molecule has 1 saturated heterocycles. The average molecular weight is 293 g/mol. The molecule has 0 spiro atoms. The average Bonchev–Trinajstić information content (AvgIpc) is 3.07. The molecule has 1 aliphatic carbocycles. The number of aliphatic hydroxyl groups is 1. The van der Waals surface area contributed by atoms with E-state index < -0.39 is 0 Å². The standard InChI is InChI=1S/C15H23N3O3/c1-18-8-5-11(17-18)14(20)16-13(12-4-2-9-21-12)15(10-19)6-3-7-15/h5,8,12-13,19H,2-4,6-7,9-10H2,1H3,(H,16,20). The number of hydrogen-bond donors (Lipinski definition) is 2. The summed E-state index contributed by atoms with van der Waals surface area (Å²) in [7, 11) is 1.79. The Morgan fingerprint density at radius 1 is 1.62 bits per heavy atom. The molecule has 3 rings (SSSR count). The summed E-state index contributed by atoms with van der Waals surface area (Å²) in [5.41, 5.74) is 0.187. The zero-order chi connectivity index (χ0) is 14.9. The van der Waals surface area contributed by atoms with E-state index in [-0.39, 0.29) is 30.1 Å². The molecule has 21 heavy (non-hydrogen) atoms. The topological polar surface area (TPSA) is 76.4 Å². The second-order valence-corrected chi connectivity index (χ2v) is 6.25. The first-order valence-electron chi connectivity index (χ1n) is 7.68. The van der Waals surface area contributed by atoms with E-state index in [0.717, 1.165) is 38.7 Å². The zero-order valence-corrected chi connectivity index (χ0v) is 12.4. The first kappa shape index (κ1) is 14.5. The van der Waals surface area contributed by atoms with Crippen LogP contribution in [0, 0.1) is 5.41 Å². The van der Waals surface area contributed by atoms with Crippen molar-refractivity contribution in [1.82, 2.24) is 15.1 Å². The largest absolute Gasteiger partial charge is 0.396 e. The smallest absolute Gasteiger partial charge is 0.272 e. The second kappa shape index (κ2) is 5.77. The predicted octanol–water partition coefficient (Wildman–Crippen LogP) is 0.860. The SMILES string of the molecule is Cn1ccc(C(=O)NC(C2CCCO2)C2(CO)CCC2)n1. The van der Waals surface area contributed by atoms with Gasteiger partial charge >= 0.3 is 0 Å². The van der Waals surface area contributed by atoms with Gasteiger partial charge in [0.15, 0.2) is 0 Å². The Hall–Kier alpha value is -1.40. The van der Waals surface area contributed by atoms with Gasteiger partial charge in [-0.1, -0.05) is 6.42 Å². The van der Waals surface area contributed by atoms with E-state index in [1.54, 1.807) is 24.0 Å². The summed E-state index contributed by atoms with van der Waals surface area (Å²) in [6, 6.07) is 1.57. The summed E-state index contributed by atoms with van der Waals surface area (Å²) in [6.45, 7) is 0.835. The van der Waals surface area contributed by atoms with E-state index in [1.807, 2.05) is 0 Å². The van der Waals surface area contributed by atoms with Crippen molar-refractivity contribution in [1.29, 1.82) is 0 Å². The van der Waals surface area contributed by atoms with E-state index in [1.165, 1.54) is 0 Å². The third-order valence-electron chi connectivity index (χ3n) is 4.89. The molecule has 6 nitrogen and oxygen atoms in total. The Kier molecular flexibility index (Phi) is 3.99. The third-order valence-corrected chi connectivity index (χ3v) is 4.89. The van der Waals surface area contributed by atoms with E-state index in [4.69, 9.17) is 4.74 Å². The molecule has 2 aliphatic rings. The first-order valence-corrected chi connectivity index (χ1v) is 7.68. The summed E-state index contributed by atoms with van der Waals surface area (Å²) in [5.74, 6) is -0.184. The first-order chi connectivity index (χ1) is 10.1. The number of ether oxygens (including phenoxy) is 1. The molecule has 2 unspecified atom stereocenters. The highest BCUT2D eigenvalue weighted by atomic mass is 16.5. The monoisotopic (exact) mass is 293 g/mol. The van der Waals surface area contributed by atoms with Gasteiger partial charge in [-0.2, -0.15) is 5.10 Å². The van der Waals surface area contributed by atoms with Gasteiger partial charge in [0.05, 0.1) is 18.8 Å². The van der Waals surface area contributed by atoms with Crippen molar-refractivity contribution in [2.24, 2.45) is 12.5 Å². The summed E-state index contributed by atoms with van der Waals surface area (Å²) in [6.07, 6.45) is 6.69. The number of rotatable bonds is 5. The molecule has 0 bridgehead atoms. The quantitative estimate of drug-likeness (QED) is 0.844. The maximum absolute atomic E-state index is 12.4.